The molecule has 0 fully saturated rings. The molecule has 0 unspecified atom stereocenters. The van der Waals surface area contributed by atoms with Crippen LogP contribution in [-0.4, -0.2) is 9.78 Å². The monoisotopic (exact) mass is 243 g/mol. The van der Waals surface area contributed by atoms with Gasteiger partial charge in [-0.25, -0.2) is 0 Å². The normalized spacial score (nSPS) is 11.1. The van der Waals surface area contributed by atoms with Crippen molar-refractivity contribution in [1.82, 2.24) is 9.78 Å². The first-order chi connectivity index (χ1) is 8.56. The molecule has 0 bridgehead atoms. The molecule has 96 valence electrons. The predicted molar refractivity (Wildman–Crippen MR) is 76.3 cm³/mol. The summed E-state index contributed by atoms with van der Waals surface area (Å²) in [5, 5.41) is 4.57. The first-order valence-corrected chi connectivity index (χ1v) is 6.46. The van der Waals surface area contributed by atoms with Gasteiger partial charge in [-0.05, 0) is 19.3 Å². The van der Waals surface area contributed by atoms with Crippen LogP contribution in [0.4, 0.5) is 5.69 Å². The van der Waals surface area contributed by atoms with Crippen LogP contribution in [0.25, 0.3) is 11.3 Å². The Labute approximate surface area is 109 Å². The van der Waals surface area contributed by atoms with Gasteiger partial charge in [-0.2, -0.15) is 5.10 Å². The van der Waals surface area contributed by atoms with E-state index in [0.717, 1.165) is 29.9 Å². The summed E-state index contributed by atoms with van der Waals surface area (Å²) in [5.74, 6) is 0.679. The Morgan fingerprint density at radius 2 is 1.89 bits per heavy atom. The second-order valence-corrected chi connectivity index (χ2v) is 5.24. The standard InChI is InChI=1S/C15H21N3/c1-11(2)8-9-18-10-14(16)15(17-18)13-6-4-12(3)5-7-13/h4-7,10-11H,8-9,16H2,1-3H3. The third-order valence-corrected chi connectivity index (χ3v) is 3.05. The highest BCUT2D eigenvalue weighted by Crippen LogP contribution is 2.24. The largest absolute Gasteiger partial charge is 0.396 e. The molecule has 3 heteroatoms. The van der Waals surface area contributed by atoms with E-state index in [1.54, 1.807) is 0 Å². The van der Waals surface area contributed by atoms with Crippen LogP contribution in [0, 0.1) is 12.8 Å². The van der Waals surface area contributed by atoms with Crippen molar-refractivity contribution in [3.8, 4) is 11.3 Å². The molecule has 0 saturated heterocycles. The van der Waals surface area contributed by atoms with Gasteiger partial charge in [0.2, 0.25) is 0 Å². The molecule has 1 aromatic heterocycles. The Morgan fingerprint density at radius 3 is 2.50 bits per heavy atom. The summed E-state index contributed by atoms with van der Waals surface area (Å²) in [6.07, 6.45) is 3.05. The van der Waals surface area contributed by atoms with Gasteiger partial charge in [0, 0.05) is 18.3 Å². The predicted octanol–water partition coefficient (Wildman–Crippen LogP) is 3.49. The van der Waals surface area contributed by atoms with E-state index >= 15 is 0 Å². The topological polar surface area (TPSA) is 43.8 Å². The lowest BCUT2D eigenvalue weighted by Crippen LogP contribution is -2.02. The van der Waals surface area contributed by atoms with Gasteiger partial charge in [-0.15, -0.1) is 0 Å². The van der Waals surface area contributed by atoms with E-state index in [4.69, 9.17) is 5.73 Å². The lowest BCUT2D eigenvalue weighted by molar-refractivity contribution is 0.488. The number of hydrogen-bond acceptors (Lipinski definition) is 2. The van der Waals surface area contributed by atoms with Crippen LogP contribution in [0.15, 0.2) is 30.5 Å². The number of nitrogens with two attached hydrogens (primary N) is 1. The number of aryl methyl sites for hydroxylation is 2. The lowest BCUT2D eigenvalue weighted by Gasteiger charge is -2.04. The van der Waals surface area contributed by atoms with Gasteiger partial charge in [0.15, 0.2) is 0 Å². The molecule has 0 radical (unpaired) electrons. The molecule has 18 heavy (non-hydrogen) atoms. The Kier molecular flexibility index (Phi) is 3.70. The van der Waals surface area contributed by atoms with E-state index in [2.05, 4.69) is 50.1 Å². The molecule has 2 aromatic rings. The summed E-state index contributed by atoms with van der Waals surface area (Å²) in [6, 6.07) is 8.31. The molecular formula is C15H21N3. The van der Waals surface area contributed by atoms with E-state index in [1.165, 1.54) is 5.56 Å². The van der Waals surface area contributed by atoms with E-state index in [1.807, 2.05) is 10.9 Å². The molecule has 1 aromatic carbocycles. The molecule has 0 saturated carbocycles. The van der Waals surface area contributed by atoms with Crippen molar-refractivity contribution >= 4 is 5.69 Å². The van der Waals surface area contributed by atoms with Gasteiger partial charge in [-0.1, -0.05) is 43.7 Å². The van der Waals surface area contributed by atoms with Gasteiger partial charge < -0.3 is 5.73 Å². The third-order valence-electron chi connectivity index (χ3n) is 3.05. The highest BCUT2D eigenvalue weighted by Gasteiger charge is 2.08. The van der Waals surface area contributed by atoms with Crippen molar-refractivity contribution in [1.29, 1.82) is 0 Å². The molecule has 0 aliphatic heterocycles. The summed E-state index contributed by atoms with van der Waals surface area (Å²) < 4.78 is 1.95. The zero-order valence-electron chi connectivity index (χ0n) is 11.4. The molecule has 0 aliphatic carbocycles. The van der Waals surface area contributed by atoms with Gasteiger partial charge in [0.25, 0.3) is 0 Å². The van der Waals surface area contributed by atoms with Crippen LogP contribution in [0.5, 0.6) is 0 Å². The van der Waals surface area contributed by atoms with Crippen molar-refractivity contribution in [2.24, 2.45) is 5.92 Å². The van der Waals surface area contributed by atoms with Gasteiger partial charge in [-0.3, -0.25) is 4.68 Å². The summed E-state index contributed by atoms with van der Waals surface area (Å²) in [4.78, 5) is 0. The minimum atomic E-state index is 0.679. The number of anilines is 1. The zero-order chi connectivity index (χ0) is 13.1. The Balaban J connectivity index is 2.21. The van der Waals surface area contributed by atoms with Crippen LogP contribution in [0.3, 0.4) is 0 Å². The highest BCUT2D eigenvalue weighted by molar-refractivity contribution is 5.71. The number of benzene rings is 1. The summed E-state index contributed by atoms with van der Waals surface area (Å²) >= 11 is 0. The maximum atomic E-state index is 6.03. The summed E-state index contributed by atoms with van der Waals surface area (Å²) in [5.41, 5.74) is 10.0. The van der Waals surface area contributed by atoms with Crippen molar-refractivity contribution in [2.45, 2.75) is 33.7 Å². The molecule has 0 aliphatic rings. The quantitative estimate of drug-likeness (QED) is 0.893. The maximum absolute atomic E-state index is 6.03. The average Bonchev–Trinajstić information content (AvgIpc) is 2.69. The fraction of sp³-hybridized carbons (Fsp3) is 0.400. The number of hydrogen-bond donors (Lipinski definition) is 1. The van der Waals surface area contributed by atoms with E-state index in [9.17, 15) is 0 Å². The molecule has 0 atom stereocenters. The number of rotatable bonds is 4. The van der Waals surface area contributed by atoms with E-state index in [0.29, 0.717) is 5.92 Å². The van der Waals surface area contributed by atoms with Crippen molar-refractivity contribution in [3.63, 3.8) is 0 Å². The SMILES string of the molecule is Cc1ccc(-c2nn(CCC(C)C)cc2N)cc1. The second-order valence-electron chi connectivity index (χ2n) is 5.24. The molecule has 1 heterocycles. The molecule has 2 rings (SSSR count). The van der Waals surface area contributed by atoms with Crippen LogP contribution >= 0.6 is 0 Å². The average molecular weight is 243 g/mol. The molecule has 0 amide bonds. The fourth-order valence-electron chi connectivity index (χ4n) is 1.88. The third kappa shape index (κ3) is 2.92. The maximum Gasteiger partial charge on any atom is 0.115 e. The van der Waals surface area contributed by atoms with Crippen molar-refractivity contribution in [3.05, 3.63) is 36.0 Å². The fourth-order valence-corrected chi connectivity index (χ4v) is 1.88. The first-order valence-electron chi connectivity index (χ1n) is 6.46. The Hall–Kier alpha value is -1.77. The number of nitrogen functional groups attached to an aromatic ring is 1. The highest BCUT2D eigenvalue weighted by atomic mass is 15.3. The zero-order valence-corrected chi connectivity index (χ0v) is 11.4. The van der Waals surface area contributed by atoms with Gasteiger partial charge in [0.1, 0.15) is 5.69 Å². The molecule has 3 nitrogen and oxygen atoms in total. The van der Waals surface area contributed by atoms with Crippen LogP contribution in [0.2, 0.25) is 0 Å². The Bertz CT molecular complexity index is 509. The lowest BCUT2D eigenvalue weighted by atomic mass is 10.1. The number of nitrogens with zero attached hydrogens (tertiary/aromatic N) is 2. The van der Waals surface area contributed by atoms with Gasteiger partial charge >= 0.3 is 0 Å². The van der Waals surface area contributed by atoms with Gasteiger partial charge in [0.05, 0.1) is 5.69 Å². The minimum Gasteiger partial charge on any atom is -0.396 e. The first kappa shape index (κ1) is 12.7. The smallest absolute Gasteiger partial charge is 0.115 e. The minimum absolute atomic E-state index is 0.679. The van der Waals surface area contributed by atoms with Crippen LogP contribution in [-0.2, 0) is 6.54 Å². The summed E-state index contributed by atoms with van der Waals surface area (Å²) in [7, 11) is 0. The van der Waals surface area contributed by atoms with Crippen molar-refractivity contribution in [2.75, 3.05) is 5.73 Å². The molecule has 2 N–H and O–H groups in total. The molecular weight excluding hydrogens is 222 g/mol. The second kappa shape index (κ2) is 5.25. The number of aromatic nitrogens is 2. The van der Waals surface area contributed by atoms with Crippen LogP contribution < -0.4 is 5.73 Å². The van der Waals surface area contributed by atoms with Crippen LogP contribution in [0.1, 0.15) is 25.8 Å². The van der Waals surface area contributed by atoms with E-state index in [-0.39, 0.29) is 0 Å². The molecule has 0 spiro atoms. The summed E-state index contributed by atoms with van der Waals surface area (Å²) in [6.45, 7) is 7.43. The van der Waals surface area contributed by atoms with E-state index < -0.39 is 0 Å². The Morgan fingerprint density at radius 1 is 1.22 bits per heavy atom. The van der Waals surface area contributed by atoms with Crippen molar-refractivity contribution < 1.29 is 0 Å².